The number of hydrogen-bond acceptors (Lipinski definition) is 5. The maximum Gasteiger partial charge on any atom is 0.346 e. The molecule has 1 aromatic carbocycles. The maximum absolute atomic E-state index is 13.1. The van der Waals surface area contributed by atoms with Crippen LogP contribution in [-0.2, 0) is 4.79 Å². The number of benzene rings is 1. The van der Waals surface area contributed by atoms with Crippen molar-refractivity contribution in [2.45, 2.75) is 19.9 Å². The first kappa shape index (κ1) is 18.1. The molecule has 0 saturated heterocycles. The number of rotatable bonds is 4. The predicted molar refractivity (Wildman–Crippen MR) is 99.9 cm³/mol. The fraction of sp³-hybridized carbons (Fsp3) is 0.176. The van der Waals surface area contributed by atoms with Gasteiger partial charge >= 0.3 is 5.97 Å². The Morgan fingerprint density at radius 2 is 1.92 bits per heavy atom. The zero-order chi connectivity index (χ0) is 19.2. The molecule has 26 heavy (non-hydrogen) atoms. The van der Waals surface area contributed by atoms with Crippen molar-refractivity contribution < 1.29 is 14.7 Å². The second-order valence-corrected chi connectivity index (χ2v) is 7.17. The molecular weight excluding hydrogens is 378 g/mol. The smallest absolute Gasteiger partial charge is 0.346 e. The number of carbonyl (C=O) groups excluding carboxylic acids is 1. The molecule has 3 aromatic rings. The van der Waals surface area contributed by atoms with E-state index in [9.17, 15) is 19.5 Å². The fourth-order valence-corrected chi connectivity index (χ4v) is 3.83. The van der Waals surface area contributed by atoms with Crippen molar-refractivity contribution >= 4 is 45.0 Å². The summed E-state index contributed by atoms with van der Waals surface area (Å²) in [7, 11) is 0. The number of primary amides is 1. The predicted octanol–water partition coefficient (Wildman–Crippen LogP) is 2.83. The molecule has 0 radical (unpaired) electrons. The Hall–Kier alpha value is -2.71. The Morgan fingerprint density at radius 3 is 2.46 bits per heavy atom. The lowest BCUT2D eigenvalue weighted by molar-refractivity contribution is -0.120. The highest BCUT2D eigenvalue weighted by molar-refractivity contribution is 7.20. The number of thiophene rings is 1. The first-order chi connectivity index (χ1) is 12.2. The quantitative estimate of drug-likeness (QED) is 0.709. The van der Waals surface area contributed by atoms with E-state index in [-0.39, 0.29) is 16.1 Å². The van der Waals surface area contributed by atoms with Crippen LogP contribution in [0.1, 0.15) is 28.2 Å². The van der Waals surface area contributed by atoms with Crippen molar-refractivity contribution in [1.82, 2.24) is 9.55 Å². The molecule has 0 spiro atoms. The van der Waals surface area contributed by atoms with Crippen LogP contribution in [0.2, 0.25) is 5.02 Å². The molecule has 9 heteroatoms. The molecule has 0 aliphatic carbocycles. The molecular formula is C17H14ClN3O4S. The summed E-state index contributed by atoms with van der Waals surface area (Å²) in [5.74, 6) is -1.61. The normalized spacial score (nSPS) is 12.3. The number of carbonyl (C=O) groups is 2. The van der Waals surface area contributed by atoms with E-state index in [2.05, 4.69) is 4.98 Å². The molecule has 0 aliphatic heterocycles. The van der Waals surface area contributed by atoms with E-state index in [4.69, 9.17) is 17.3 Å². The van der Waals surface area contributed by atoms with Crippen molar-refractivity contribution in [3.05, 3.63) is 50.1 Å². The van der Waals surface area contributed by atoms with Crippen LogP contribution >= 0.6 is 22.9 Å². The number of fused-ring (bicyclic) bond motifs is 1. The van der Waals surface area contributed by atoms with Crippen molar-refractivity contribution in [3.8, 4) is 11.4 Å². The third kappa shape index (κ3) is 2.87. The van der Waals surface area contributed by atoms with Gasteiger partial charge in [-0.15, -0.1) is 11.3 Å². The topological polar surface area (TPSA) is 115 Å². The van der Waals surface area contributed by atoms with E-state index in [0.717, 1.165) is 11.3 Å². The van der Waals surface area contributed by atoms with E-state index in [1.165, 1.54) is 11.5 Å². The van der Waals surface area contributed by atoms with Gasteiger partial charge in [0.25, 0.3) is 5.56 Å². The summed E-state index contributed by atoms with van der Waals surface area (Å²) in [5.41, 5.74) is 5.78. The van der Waals surface area contributed by atoms with Gasteiger partial charge in [0.05, 0.1) is 5.39 Å². The Balaban J connectivity index is 2.44. The monoisotopic (exact) mass is 391 g/mol. The molecule has 1 amide bonds. The Kier molecular flexibility index (Phi) is 4.55. The molecule has 0 aliphatic rings. The molecule has 134 valence electrons. The zero-order valence-corrected chi connectivity index (χ0v) is 15.4. The SMILES string of the molecule is Cc1c(C(=O)O)sc2nc(-c3ccc(Cl)cc3)n(C(C)C(N)=O)c(=O)c12. The van der Waals surface area contributed by atoms with Gasteiger partial charge in [-0.3, -0.25) is 14.2 Å². The fourth-order valence-electron chi connectivity index (χ4n) is 2.69. The Labute approximate surface area is 156 Å². The number of nitrogens with zero attached hydrogens (tertiary/aromatic N) is 2. The number of amides is 1. The van der Waals surface area contributed by atoms with E-state index in [1.54, 1.807) is 31.2 Å². The summed E-state index contributed by atoms with van der Waals surface area (Å²) in [6.07, 6.45) is 0. The van der Waals surface area contributed by atoms with Crippen molar-refractivity contribution in [3.63, 3.8) is 0 Å². The average molecular weight is 392 g/mol. The van der Waals surface area contributed by atoms with Gasteiger partial charge in [0.1, 0.15) is 21.6 Å². The molecule has 0 saturated carbocycles. The number of nitrogens with two attached hydrogens (primary N) is 1. The minimum absolute atomic E-state index is 0.0381. The van der Waals surface area contributed by atoms with Crippen LogP contribution in [0.5, 0.6) is 0 Å². The average Bonchev–Trinajstić information content (AvgIpc) is 2.92. The van der Waals surface area contributed by atoms with Crippen LogP contribution in [0.15, 0.2) is 29.1 Å². The van der Waals surface area contributed by atoms with Crippen LogP contribution in [-0.4, -0.2) is 26.5 Å². The second kappa shape index (κ2) is 6.54. The number of carboxylic acid groups (broad SMARTS) is 1. The maximum atomic E-state index is 13.1. The first-order valence-electron chi connectivity index (χ1n) is 7.56. The van der Waals surface area contributed by atoms with E-state index >= 15 is 0 Å². The first-order valence-corrected chi connectivity index (χ1v) is 8.76. The number of aryl methyl sites for hydroxylation is 1. The molecule has 3 rings (SSSR count). The summed E-state index contributed by atoms with van der Waals surface area (Å²) in [6.45, 7) is 3.04. The standard InChI is InChI=1S/C17H14ClN3O4S/c1-7-11-15(26-12(7)17(24)25)20-14(9-3-5-10(18)6-4-9)21(16(11)23)8(2)13(19)22/h3-6,8H,1-2H3,(H2,19,22)(H,24,25). The lowest BCUT2D eigenvalue weighted by atomic mass is 10.1. The van der Waals surface area contributed by atoms with Gasteiger partial charge in [-0.25, -0.2) is 9.78 Å². The number of halogens is 1. The van der Waals surface area contributed by atoms with Crippen LogP contribution in [0, 0.1) is 6.92 Å². The van der Waals surface area contributed by atoms with E-state index in [0.29, 0.717) is 21.0 Å². The third-order valence-corrected chi connectivity index (χ3v) is 5.52. The minimum atomic E-state index is -1.13. The highest BCUT2D eigenvalue weighted by Crippen LogP contribution is 2.30. The van der Waals surface area contributed by atoms with Crippen LogP contribution in [0.4, 0.5) is 0 Å². The minimum Gasteiger partial charge on any atom is -0.477 e. The van der Waals surface area contributed by atoms with E-state index < -0.39 is 23.5 Å². The number of hydrogen-bond donors (Lipinski definition) is 2. The molecule has 1 unspecified atom stereocenters. The van der Waals surface area contributed by atoms with Crippen molar-refractivity contribution in [2.24, 2.45) is 5.73 Å². The lowest BCUT2D eigenvalue weighted by Gasteiger charge is -2.17. The van der Waals surface area contributed by atoms with Crippen LogP contribution in [0.25, 0.3) is 21.6 Å². The number of aromatic nitrogens is 2. The van der Waals surface area contributed by atoms with Gasteiger partial charge in [0.2, 0.25) is 5.91 Å². The molecule has 0 fully saturated rings. The van der Waals surface area contributed by atoms with Gasteiger partial charge in [0.15, 0.2) is 0 Å². The van der Waals surface area contributed by atoms with E-state index in [1.807, 2.05) is 0 Å². The van der Waals surface area contributed by atoms with Crippen molar-refractivity contribution in [2.75, 3.05) is 0 Å². The third-order valence-electron chi connectivity index (χ3n) is 4.09. The van der Waals surface area contributed by atoms with Gasteiger partial charge in [0, 0.05) is 10.6 Å². The molecule has 3 N–H and O–H groups in total. The van der Waals surface area contributed by atoms with Gasteiger partial charge in [-0.1, -0.05) is 11.6 Å². The van der Waals surface area contributed by atoms with Gasteiger partial charge < -0.3 is 10.8 Å². The number of carboxylic acids is 1. The summed E-state index contributed by atoms with van der Waals surface area (Å²) in [4.78, 5) is 41.1. The Morgan fingerprint density at radius 1 is 1.31 bits per heavy atom. The zero-order valence-electron chi connectivity index (χ0n) is 13.8. The van der Waals surface area contributed by atoms with Gasteiger partial charge in [-0.05, 0) is 43.7 Å². The summed E-state index contributed by atoms with van der Waals surface area (Å²) >= 11 is 6.83. The van der Waals surface area contributed by atoms with Crippen LogP contribution in [0.3, 0.4) is 0 Å². The highest BCUT2D eigenvalue weighted by Gasteiger charge is 2.25. The summed E-state index contributed by atoms with van der Waals surface area (Å²) in [5, 5.41) is 10.0. The van der Waals surface area contributed by atoms with Crippen molar-refractivity contribution in [1.29, 1.82) is 0 Å². The van der Waals surface area contributed by atoms with Crippen LogP contribution < -0.4 is 11.3 Å². The summed E-state index contributed by atoms with van der Waals surface area (Å²) in [6, 6.07) is 5.64. The lowest BCUT2D eigenvalue weighted by Crippen LogP contribution is -2.33. The second-order valence-electron chi connectivity index (χ2n) is 5.74. The van der Waals surface area contributed by atoms with Gasteiger partial charge in [-0.2, -0.15) is 0 Å². The highest BCUT2D eigenvalue weighted by atomic mass is 35.5. The summed E-state index contributed by atoms with van der Waals surface area (Å²) < 4.78 is 1.19. The Bertz CT molecular complexity index is 1100. The molecule has 2 heterocycles. The molecule has 2 aromatic heterocycles. The largest absolute Gasteiger partial charge is 0.477 e. The molecule has 1 atom stereocenters. The number of aromatic carboxylic acids is 1. The molecule has 0 bridgehead atoms. The molecule has 7 nitrogen and oxygen atoms in total.